The topological polar surface area (TPSA) is 52.5 Å². The standard InChI is InChI=1S/C45H37N3/c1-26-18-31(6)44(32(7)19-26)35-20-36(24-46)45(37(21-35)25-47)48-40-16-14-33(42-27(2)10-8-11-28(42)3)22-38(40)39-23-34(15-17-41(39)48)43-29(4)12-9-13-30(43)5/h8-23H,1-7H3. The molecule has 7 rings (SSSR count). The van der Waals surface area contributed by atoms with E-state index < -0.39 is 0 Å². The number of hydrogen-bond acceptors (Lipinski definition) is 2. The van der Waals surface area contributed by atoms with Crippen LogP contribution in [0.5, 0.6) is 0 Å². The van der Waals surface area contributed by atoms with E-state index in [1.807, 2.05) is 12.1 Å². The molecule has 0 aliphatic rings. The molecule has 0 amide bonds. The molecule has 6 aromatic carbocycles. The Hall–Kier alpha value is -5.90. The molecule has 0 unspecified atom stereocenters. The van der Waals surface area contributed by atoms with Crippen molar-refractivity contribution in [3.63, 3.8) is 0 Å². The van der Waals surface area contributed by atoms with Gasteiger partial charge in [0.15, 0.2) is 0 Å². The summed E-state index contributed by atoms with van der Waals surface area (Å²) in [6.45, 7) is 14.9. The van der Waals surface area contributed by atoms with Crippen LogP contribution < -0.4 is 0 Å². The maximum absolute atomic E-state index is 10.7. The van der Waals surface area contributed by atoms with Gasteiger partial charge in [-0.15, -0.1) is 0 Å². The Morgan fingerprint density at radius 3 is 1.23 bits per heavy atom. The van der Waals surface area contributed by atoms with Gasteiger partial charge in [-0.25, -0.2) is 0 Å². The van der Waals surface area contributed by atoms with E-state index >= 15 is 0 Å². The molecule has 0 aliphatic carbocycles. The van der Waals surface area contributed by atoms with Crippen molar-refractivity contribution in [1.82, 2.24) is 4.57 Å². The Morgan fingerprint density at radius 1 is 0.438 bits per heavy atom. The summed E-state index contributed by atoms with van der Waals surface area (Å²) in [7, 11) is 0. The normalized spacial score (nSPS) is 11.2. The highest BCUT2D eigenvalue weighted by molar-refractivity contribution is 6.12. The molecule has 0 atom stereocenters. The second-order valence-electron chi connectivity index (χ2n) is 13.3. The summed E-state index contributed by atoms with van der Waals surface area (Å²) < 4.78 is 2.13. The SMILES string of the molecule is Cc1cc(C)c(-c2cc(C#N)c(-n3c4ccc(-c5c(C)cccc5C)cc4c4cc(-c5c(C)cccc5C)ccc43)c(C#N)c2)c(C)c1. The molecule has 1 aromatic heterocycles. The first-order valence-corrected chi connectivity index (χ1v) is 16.4. The molecule has 1 heterocycles. The van der Waals surface area contributed by atoms with Crippen molar-refractivity contribution >= 4 is 21.8 Å². The summed E-state index contributed by atoms with van der Waals surface area (Å²) in [6, 6.07) is 39.2. The number of aromatic nitrogens is 1. The van der Waals surface area contributed by atoms with Gasteiger partial charge in [0.2, 0.25) is 0 Å². The minimum Gasteiger partial charge on any atom is -0.307 e. The van der Waals surface area contributed by atoms with Crippen molar-refractivity contribution in [1.29, 1.82) is 10.5 Å². The van der Waals surface area contributed by atoms with E-state index in [0.717, 1.165) is 55.2 Å². The fraction of sp³-hybridized carbons (Fsp3) is 0.156. The van der Waals surface area contributed by atoms with Crippen LogP contribution in [0.4, 0.5) is 0 Å². The van der Waals surface area contributed by atoms with E-state index in [2.05, 4.69) is 150 Å². The zero-order valence-electron chi connectivity index (χ0n) is 28.6. The maximum Gasteiger partial charge on any atom is 0.101 e. The van der Waals surface area contributed by atoms with Crippen molar-refractivity contribution in [2.45, 2.75) is 48.5 Å². The quantitative estimate of drug-likeness (QED) is 0.197. The lowest BCUT2D eigenvalue weighted by atomic mass is 9.91. The molecule has 0 saturated heterocycles. The zero-order chi connectivity index (χ0) is 33.9. The molecular weight excluding hydrogens is 583 g/mol. The molecule has 0 fully saturated rings. The molecule has 0 saturated carbocycles. The molecule has 0 bridgehead atoms. The smallest absolute Gasteiger partial charge is 0.101 e. The third kappa shape index (κ3) is 4.88. The van der Waals surface area contributed by atoms with Crippen LogP contribution in [0, 0.1) is 71.1 Å². The van der Waals surface area contributed by atoms with Gasteiger partial charge in [-0.1, -0.05) is 66.2 Å². The Labute approximate surface area is 283 Å². The van der Waals surface area contributed by atoms with E-state index in [0.29, 0.717) is 16.8 Å². The number of hydrogen-bond donors (Lipinski definition) is 0. The second kappa shape index (κ2) is 11.7. The number of fused-ring (bicyclic) bond motifs is 3. The van der Waals surface area contributed by atoms with Gasteiger partial charge in [-0.2, -0.15) is 10.5 Å². The first kappa shape index (κ1) is 30.7. The molecule has 3 heteroatoms. The van der Waals surface area contributed by atoms with Crippen LogP contribution in [0.1, 0.15) is 50.1 Å². The van der Waals surface area contributed by atoms with Gasteiger partial charge in [0.1, 0.15) is 12.1 Å². The van der Waals surface area contributed by atoms with Crippen LogP contribution in [-0.4, -0.2) is 4.57 Å². The van der Waals surface area contributed by atoms with Crippen molar-refractivity contribution < 1.29 is 0 Å². The third-order valence-corrected chi connectivity index (χ3v) is 9.84. The Kier molecular flexibility index (Phi) is 7.50. The molecule has 0 N–H and O–H groups in total. The first-order chi connectivity index (χ1) is 23.1. The third-order valence-electron chi connectivity index (χ3n) is 9.84. The van der Waals surface area contributed by atoms with Gasteiger partial charge in [0.25, 0.3) is 0 Å². The largest absolute Gasteiger partial charge is 0.307 e. The van der Waals surface area contributed by atoms with Crippen LogP contribution in [0.15, 0.2) is 97.1 Å². The predicted molar refractivity (Wildman–Crippen MR) is 200 cm³/mol. The summed E-state index contributed by atoms with van der Waals surface area (Å²) in [5.74, 6) is 0. The van der Waals surface area contributed by atoms with Gasteiger partial charge in [0, 0.05) is 10.8 Å². The van der Waals surface area contributed by atoms with E-state index in [4.69, 9.17) is 0 Å². The van der Waals surface area contributed by atoms with Crippen LogP contribution in [0.2, 0.25) is 0 Å². The van der Waals surface area contributed by atoms with E-state index in [1.54, 1.807) is 0 Å². The van der Waals surface area contributed by atoms with Crippen molar-refractivity contribution in [2.24, 2.45) is 0 Å². The molecule has 232 valence electrons. The molecule has 7 aromatic rings. The molecule has 3 nitrogen and oxygen atoms in total. The van der Waals surface area contributed by atoms with Crippen LogP contribution in [0.3, 0.4) is 0 Å². The summed E-state index contributed by atoms with van der Waals surface area (Å²) in [5.41, 5.74) is 18.6. The van der Waals surface area contributed by atoms with Gasteiger partial charge in [0.05, 0.1) is 27.8 Å². The first-order valence-electron chi connectivity index (χ1n) is 16.4. The highest BCUT2D eigenvalue weighted by Crippen LogP contribution is 2.41. The number of aryl methyl sites for hydroxylation is 7. The van der Waals surface area contributed by atoms with Crippen molar-refractivity contribution in [2.75, 3.05) is 0 Å². The lowest BCUT2D eigenvalue weighted by molar-refractivity contribution is 1.15. The Bertz CT molecular complexity index is 2340. The highest BCUT2D eigenvalue weighted by atomic mass is 15.0. The summed E-state index contributed by atoms with van der Waals surface area (Å²) in [5, 5.41) is 23.5. The van der Waals surface area contributed by atoms with E-state index in [1.165, 1.54) is 38.9 Å². The minimum absolute atomic E-state index is 0.472. The van der Waals surface area contributed by atoms with E-state index in [9.17, 15) is 10.5 Å². The second-order valence-corrected chi connectivity index (χ2v) is 13.3. The molecule has 48 heavy (non-hydrogen) atoms. The predicted octanol–water partition coefficient (Wildman–Crippen LogP) is 11.7. The zero-order valence-corrected chi connectivity index (χ0v) is 28.6. The number of nitrogens with zero attached hydrogens (tertiary/aromatic N) is 3. The number of benzene rings is 6. The van der Waals surface area contributed by atoms with Crippen molar-refractivity contribution in [3.05, 3.63) is 147 Å². The van der Waals surface area contributed by atoms with E-state index in [-0.39, 0.29) is 0 Å². The average molecular weight is 620 g/mol. The Morgan fingerprint density at radius 2 is 0.833 bits per heavy atom. The number of rotatable bonds is 4. The maximum atomic E-state index is 10.7. The van der Waals surface area contributed by atoms with Gasteiger partial charge < -0.3 is 4.57 Å². The summed E-state index contributed by atoms with van der Waals surface area (Å²) >= 11 is 0. The number of nitriles is 2. The highest BCUT2D eigenvalue weighted by Gasteiger charge is 2.22. The van der Waals surface area contributed by atoms with Crippen molar-refractivity contribution in [3.8, 4) is 51.2 Å². The molecule has 0 aliphatic heterocycles. The molecular formula is C45H37N3. The lowest BCUT2D eigenvalue weighted by Crippen LogP contribution is -2.03. The summed E-state index contributed by atoms with van der Waals surface area (Å²) in [6.07, 6.45) is 0. The minimum atomic E-state index is 0.472. The van der Waals surface area contributed by atoms with Gasteiger partial charge in [-0.05, 0) is 152 Å². The fourth-order valence-corrected chi connectivity index (χ4v) is 7.94. The van der Waals surface area contributed by atoms with Gasteiger partial charge in [-0.3, -0.25) is 0 Å². The van der Waals surface area contributed by atoms with Crippen LogP contribution in [-0.2, 0) is 0 Å². The molecule has 0 spiro atoms. The van der Waals surface area contributed by atoms with Crippen LogP contribution >= 0.6 is 0 Å². The Balaban J connectivity index is 1.57. The monoisotopic (exact) mass is 619 g/mol. The average Bonchev–Trinajstić information content (AvgIpc) is 3.36. The lowest BCUT2D eigenvalue weighted by Gasteiger charge is -2.17. The fourth-order valence-electron chi connectivity index (χ4n) is 7.94. The molecule has 0 radical (unpaired) electrons. The van der Waals surface area contributed by atoms with Gasteiger partial charge >= 0.3 is 0 Å². The van der Waals surface area contributed by atoms with Crippen LogP contribution in [0.25, 0.3) is 60.9 Å². The summed E-state index contributed by atoms with van der Waals surface area (Å²) in [4.78, 5) is 0.